The Balaban J connectivity index is 3.08. The van der Waals surface area contributed by atoms with E-state index in [0.717, 1.165) is 30.4 Å². The molecule has 2 unspecified atom stereocenters. The van der Waals surface area contributed by atoms with Crippen LogP contribution in [0.5, 0.6) is 0 Å². The molecule has 1 rings (SSSR count). The van der Waals surface area contributed by atoms with E-state index in [-0.39, 0.29) is 6.04 Å². The summed E-state index contributed by atoms with van der Waals surface area (Å²) in [4.78, 5) is 4.71. The highest BCUT2D eigenvalue weighted by Gasteiger charge is 2.18. The van der Waals surface area contributed by atoms with E-state index < -0.39 is 0 Å². The van der Waals surface area contributed by atoms with E-state index >= 15 is 0 Å². The Morgan fingerprint density at radius 1 is 1.24 bits per heavy atom. The number of halogens is 1. The Bertz CT molecular complexity index is 434. The Morgan fingerprint density at radius 2 is 1.90 bits per heavy atom. The van der Waals surface area contributed by atoms with E-state index in [2.05, 4.69) is 78.8 Å². The molecule has 0 spiro atoms. The lowest BCUT2D eigenvalue weighted by atomic mass is 10.0. The molecule has 1 aromatic carbocycles. The van der Waals surface area contributed by atoms with Crippen LogP contribution in [0.4, 0.5) is 5.69 Å². The SMILES string of the molecule is CCC(N)Cc1ccc(Br)cc1N(CC)C(C)CN(C)C. The van der Waals surface area contributed by atoms with Gasteiger partial charge in [0.05, 0.1) is 0 Å². The van der Waals surface area contributed by atoms with Crippen molar-refractivity contribution in [3.05, 3.63) is 28.2 Å². The Morgan fingerprint density at radius 3 is 2.43 bits per heavy atom. The average molecular weight is 356 g/mol. The van der Waals surface area contributed by atoms with Crippen LogP contribution in [-0.2, 0) is 6.42 Å². The van der Waals surface area contributed by atoms with Gasteiger partial charge in [-0.2, -0.15) is 0 Å². The molecule has 0 amide bonds. The molecular formula is C17H30BrN3. The van der Waals surface area contributed by atoms with Gasteiger partial charge in [0.1, 0.15) is 0 Å². The molecule has 3 nitrogen and oxygen atoms in total. The summed E-state index contributed by atoms with van der Waals surface area (Å²) in [5.41, 5.74) is 8.83. The van der Waals surface area contributed by atoms with Crippen molar-refractivity contribution >= 4 is 21.6 Å². The summed E-state index contributed by atoms with van der Waals surface area (Å²) in [6, 6.07) is 7.25. The fourth-order valence-corrected chi connectivity index (χ4v) is 3.10. The Labute approximate surface area is 138 Å². The highest BCUT2D eigenvalue weighted by molar-refractivity contribution is 9.10. The van der Waals surface area contributed by atoms with Crippen LogP contribution in [-0.4, -0.2) is 44.2 Å². The highest BCUT2D eigenvalue weighted by atomic mass is 79.9. The first kappa shape index (κ1) is 18.5. The predicted octanol–water partition coefficient (Wildman–Crippen LogP) is 3.51. The first-order valence-corrected chi connectivity index (χ1v) is 8.63. The number of benzene rings is 1. The third kappa shape index (κ3) is 5.61. The molecule has 0 heterocycles. The molecule has 0 bridgehead atoms. The largest absolute Gasteiger partial charge is 0.368 e. The van der Waals surface area contributed by atoms with Gasteiger partial charge in [0.2, 0.25) is 0 Å². The Kier molecular flexibility index (Phi) is 7.71. The molecule has 0 aliphatic rings. The third-order valence-electron chi connectivity index (χ3n) is 3.87. The van der Waals surface area contributed by atoms with E-state index in [4.69, 9.17) is 5.73 Å². The summed E-state index contributed by atoms with van der Waals surface area (Å²) in [6.45, 7) is 8.69. The van der Waals surface area contributed by atoms with E-state index in [1.165, 1.54) is 11.3 Å². The normalized spacial score (nSPS) is 14.3. The number of hydrogen-bond donors (Lipinski definition) is 1. The zero-order valence-corrected chi connectivity index (χ0v) is 15.7. The minimum Gasteiger partial charge on any atom is -0.368 e. The molecule has 0 saturated carbocycles. The second kappa shape index (κ2) is 8.76. The van der Waals surface area contributed by atoms with E-state index in [0.29, 0.717) is 6.04 Å². The van der Waals surface area contributed by atoms with Gasteiger partial charge in [-0.05, 0) is 58.5 Å². The summed E-state index contributed by atoms with van der Waals surface area (Å²) in [6.07, 6.45) is 1.94. The van der Waals surface area contributed by atoms with Crippen molar-refractivity contribution in [3.8, 4) is 0 Å². The van der Waals surface area contributed by atoms with Crippen LogP contribution in [0.15, 0.2) is 22.7 Å². The average Bonchev–Trinajstić information content (AvgIpc) is 2.41. The predicted molar refractivity (Wildman–Crippen MR) is 97.1 cm³/mol. The number of likely N-dealkylation sites (N-methyl/N-ethyl adjacent to an activating group) is 2. The summed E-state index contributed by atoms with van der Waals surface area (Å²) in [7, 11) is 4.25. The number of anilines is 1. The number of nitrogens with zero attached hydrogens (tertiary/aromatic N) is 2. The second-order valence-electron chi connectivity index (χ2n) is 6.04. The molecule has 0 saturated heterocycles. The van der Waals surface area contributed by atoms with Crippen molar-refractivity contribution < 1.29 is 0 Å². The minimum atomic E-state index is 0.229. The second-order valence-corrected chi connectivity index (χ2v) is 6.96. The van der Waals surface area contributed by atoms with Crippen molar-refractivity contribution in [2.45, 2.75) is 45.7 Å². The zero-order chi connectivity index (χ0) is 16.0. The summed E-state index contributed by atoms with van der Waals surface area (Å²) >= 11 is 3.61. The summed E-state index contributed by atoms with van der Waals surface area (Å²) in [5.74, 6) is 0. The molecule has 2 N–H and O–H groups in total. The summed E-state index contributed by atoms with van der Waals surface area (Å²) in [5, 5.41) is 0. The first-order valence-electron chi connectivity index (χ1n) is 7.84. The maximum absolute atomic E-state index is 6.17. The van der Waals surface area contributed by atoms with Crippen molar-refractivity contribution in [1.29, 1.82) is 0 Å². The Hall–Kier alpha value is -0.580. The maximum Gasteiger partial charge on any atom is 0.0413 e. The zero-order valence-electron chi connectivity index (χ0n) is 14.1. The van der Waals surface area contributed by atoms with Crippen molar-refractivity contribution in [3.63, 3.8) is 0 Å². The molecule has 0 aliphatic carbocycles. The lowest BCUT2D eigenvalue weighted by molar-refractivity contribution is 0.372. The van der Waals surface area contributed by atoms with Crippen LogP contribution < -0.4 is 10.6 Å². The van der Waals surface area contributed by atoms with E-state index in [1.54, 1.807) is 0 Å². The summed E-state index contributed by atoms with van der Waals surface area (Å²) < 4.78 is 1.13. The van der Waals surface area contributed by atoms with Crippen LogP contribution >= 0.6 is 15.9 Å². The molecule has 120 valence electrons. The van der Waals surface area contributed by atoms with Crippen LogP contribution in [0.3, 0.4) is 0 Å². The fourth-order valence-electron chi connectivity index (χ4n) is 2.75. The molecular weight excluding hydrogens is 326 g/mol. The van der Waals surface area contributed by atoms with Gasteiger partial charge in [0.15, 0.2) is 0 Å². The van der Waals surface area contributed by atoms with Gasteiger partial charge >= 0.3 is 0 Å². The van der Waals surface area contributed by atoms with Gasteiger partial charge in [0.25, 0.3) is 0 Å². The van der Waals surface area contributed by atoms with Crippen LogP contribution in [0.2, 0.25) is 0 Å². The molecule has 0 aromatic heterocycles. The van der Waals surface area contributed by atoms with E-state index in [9.17, 15) is 0 Å². The monoisotopic (exact) mass is 355 g/mol. The van der Waals surface area contributed by atoms with Gasteiger partial charge in [0, 0.05) is 35.3 Å². The molecule has 4 heteroatoms. The molecule has 0 aliphatic heterocycles. The van der Waals surface area contributed by atoms with Gasteiger partial charge < -0.3 is 15.5 Å². The van der Waals surface area contributed by atoms with E-state index in [1.807, 2.05) is 0 Å². The molecule has 0 fully saturated rings. The van der Waals surface area contributed by atoms with Gasteiger partial charge in [-0.1, -0.05) is 28.9 Å². The van der Waals surface area contributed by atoms with Crippen molar-refractivity contribution in [2.75, 3.05) is 32.1 Å². The first-order chi connectivity index (χ1) is 9.88. The van der Waals surface area contributed by atoms with Crippen LogP contribution in [0, 0.1) is 0 Å². The molecule has 21 heavy (non-hydrogen) atoms. The number of rotatable bonds is 8. The smallest absolute Gasteiger partial charge is 0.0413 e. The number of nitrogens with two attached hydrogens (primary N) is 1. The van der Waals surface area contributed by atoms with Crippen LogP contribution in [0.1, 0.15) is 32.8 Å². The van der Waals surface area contributed by atoms with Gasteiger partial charge in [-0.25, -0.2) is 0 Å². The van der Waals surface area contributed by atoms with Crippen molar-refractivity contribution in [2.24, 2.45) is 5.73 Å². The molecule has 0 radical (unpaired) electrons. The molecule has 1 aromatic rings. The minimum absolute atomic E-state index is 0.229. The lowest BCUT2D eigenvalue weighted by Gasteiger charge is -2.34. The van der Waals surface area contributed by atoms with Crippen LogP contribution in [0.25, 0.3) is 0 Å². The lowest BCUT2D eigenvalue weighted by Crippen LogP contribution is -2.40. The third-order valence-corrected chi connectivity index (χ3v) is 4.36. The highest BCUT2D eigenvalue weighted by Crippen LogP contribution is 2.28. The van der Waals surface area contributed by atoms with Gasteiger partial charge in [-0.3, -0.25) is 0 Å². The quantitative estimate of drug-likeness (QED) is 0.774. The van der Waals surface area contributed by atoms with Crippen molar-refractivity contribution in [1.82, 2.24) is 4.90 Å². The fraction of sp³-hybridized carbons (Fsp3) is 0.647. The maximum atomic E-state index is 6.17. The topological polar surface area (TPSA) is 32.5 Å². The molecule has 2 atom stereocenters. The number of hydrogen-bond acceptors (Lipinski definition) is 3. The standard InChI is InChI=1S/C17H30BrN3/c1-6-16(19)10-14-8-9-15(18)11-17(14)21(7-2)13(3)12-20(4)5/h8-9,11,13,16H,6-7,10,12,19H2,1-5H3. The van der Waals surface area contributed by atoms with Gasteiger partial charge in [-0.15, -0.1) is 0 Å².